The lowest BCUT2D eigenvalue weighted by Crippen LogP contribution is -2.44. The van der Waals surface area contributed by atoms with Crippen molar-refractivity contribution in [1.82, 2.24) is 10.1 Å². The Balaban J connectivity index is 1.44. The number of fused-ring (bicyclic) bond motifs is 1. The van der Waals surface area contributed by atoms with Crippen LogP contribution in [0.25, 0.3) is 0 Å². The minimum Gasteiger partial charge on any atom is -0.364 e. The maximum atomic E-state index is 13.5. The summed E-state index contributed by atoms with van der Waals surface area (Å²) in [5.41, 5.74) is 1.12. The number of hydrogen-bond donors (Lipinski definition) is 0. The molecule has 2 fully saturated rings. The van der Waals surface area contributed by atoms with Crippen LogP contribution < -0.4 is 4.90 Å². The molecule has 0 saturated carbocycles. The van der Waals surface area contributed by atoms with E-state index in [-0.39, 0.29) is 24.2 Å². The van der Waals surface area contributed by atoms with Crippen molar-refractivity contribution in [3.63, 3.8) is 0 Å². The van der Waals surface area contributed by atoms with Gasteiger partial charge in [0.25, 0.3) is 0 Å². The number of halogens is 1. The van der Waals surface area contributed by atoms with E-state index in [9.17, 15) is 14.0 Å². The minimum atomic E-state index is -0.822. The molecule has 3 aliphatic rings. The number of ether oxygens (including phenoxy) is 1. The Morgan fingerprint density at radius 1 is 1.41 bits per heavy atom. The summed E-state index contributed by atoms with van der Waals surface area (Å²) in [6, 6.07) is 6.03. The van der Waals surface area contributed by atoms with Gasteiger partial charge in [-0.05, 0) is 30.7 Å². The minimum absolute atomic E-state index is 0.166. The molecule has 2 aromatic rings. The predicted octanol–water partition coefficient (Wildman–Crippen LogP) is 2.07. The van der Waals surface area contributed by atoms with Crippen LogP contribution in [0.4, 0.5) is 10.1 Å². The van der Waals surface area contributed by atoms with E-state index in [1.165, 1.54) is 18.4 Å². The van der Waals surface area contributed by atoms with Crippen molar-refractivity contribution < 1.29 is 23.2 Å². The van der Waals surface area contributed by atoms with Crippen LogP contribution >= 0.6 is 0 Å². The molecular weight excluding hydrogens is 377 g/mol. The van der Waals surface area contributed by atoms with Crippen molar-refractivity contribution in [2.75, 3.05) is 18.5 Å². The van der Waals surface area contributed by atoms with Gasteiger partial charge in [-0.2, -0.15) is 0 Å². The molecule has 8 heteroatoms. The zero-order valence-electron chi connectivity index (χ0n) is 16.0. The second-order valence-corrected chi connectivity index (χ2v) is 7.94. The Morgan fingerprint density at radius 3 is 2.97 bits per heavy atom. The van der Waals surface area contributed by atoms with E-state index >= 15 is 0 Å². The third-order valence-corrected chi connectivity index (χ3v) is 6.10. The number of anilines is 1. The molecule has 0 radical (unpaired) electrons. The molecule has 29 heavy (non-hydrogen) atoms. The first kappa shape index (κ1) is 18.1. The maximum absolute atomic E-state index is 13.5. The van der Waals surface area contributed by atoms with Crippen LogP contribution in [0, 0.1) is 24.6 Å². The number of amides is 2. The van der Waals surface area contributed by atoms with E-state index in [1.54, 1.807) is 35.9 Å². The first-order valence-electron chi connectivity index (χ1n) is 9.48. The fourth-order valence-electron chi connectivity index (χ4n) is 4.80. The predicted molar refractivity (Wildman–Crippen MR) is 100 cm³/mol. The molecule has 1 spiro atoms. The second-order valence-electron chi connectivity index (χ2n) is 7.94. The highest BCUT2D eigenvalue weighted by Gasteiger charge is 2.67. The number of nitrogens with zero attached hydrogens (tertiary/aromatic N) is 3. The zero-order valence-corrected chi connectivity index (χ0v) is 16.0. The molecule has 7 nitrogen and oxygen atoms in total. The van der Waals surface area contributed by atoms with Crippen LogP contribution in [0.2, 0.25) is 0 Å². The van der Waals surface area contributed by atoms with Crippen LogP contribution in [-0.2, 0) is 20.9 Å². The average molecular weight is 397 g/mol. The largest absolute Gasteiger partial charge is 0.364 e. The van der Waals surface area contributed by atoms with Crippen molar-refractivity contribution in [2.45, 2.75) is 25.2 Å². The maximum Gasteiger partial charge on any atom is 0.234 e. The Kier molecular flexibility index (Phi) is 3.89. The highest BCUT2D eigenvalue weighted by Crippen LogP contribution is 2.53. The van der Waals surface area contributed by atoms with Crippen LogP contribution in [0.1, 0.15) is 11.3 Å². The molecule has 0 N–H and O–H groups in total. The van der Waals surface area contributed by atoms with Crippen molar-refractivity contribution in [1.29, 1.82) is 0 Å². The number of carbonyl (C=O) groups excluding carboxylic acids is 2. The third-order valence-electron chi connectivity index (χ3n) is 6.10. The smallest absolute Gasteiger partial charge is 0.234 e. The SMILES string of the molecule is Cc1cc(F)ccc1N1C[C@]23C=C[C@H](O2)C(C(=O)N(C)Cc2ccon2)C3C1=O. The highest BCUT2D eigenvalue weighted by atomic mass is 19.1. The normalized spacial score (nSPS) is 29.6. The second kappa shape index (κ2) is 6.25. The number of hydrogen-bond acceptors (Lipinski definition) is 5. The summed E-state index contributed by atoms with van der Waals surface area (Å²) in [6.07, 6.45) is 4.81. The number of rotatable bonds is 4. The van der Waals surface area contributed by atoms with Crippen molar-refractivity contribution >= 4 is 17.5 Å². The van der Waals surface area contributed by atoms with Crippen LogP contribution in [0.3, 0.4) is 0 Å². The Morgan fingerprint density at radius 2 is 2.24 bits per heavy atom. The Bertz CT molecular complexity index is 1020. The van der Waals surface area contributed by atoms with Crippen LogP contribution in [-0.4, -0.2) is 47.2 Å². The van der Waals surface area contributed by atoms with E-state index in [0.717, 1.165) is 0 Å². The van der Waals surface area contributed by atoms with Crippen molar-refractivity contribution in [3.8, 4) is 0 Å². The summed E-state index contributed by atoms with van der Waals surface area (Å²) in [4.78, 5) is 29.8. The van der Waals surface area contributed by atoms with Gasteiger partial charge in [0.15, 0.2) is 0 Å². The lowest BCUT2D eigenvalue weighted by Gasteiger charge is -2.27. The van der Waals surface area contributed by atoms with Gasteiger partial charge in [-0.1, -0.05) is 17.3 Å². The molecular formula is C21H20FN3O4. The molecule has 3 aliphatic heterocycles. The number of carbonyl (C=O) groups is 2. The van der Waals surface area contributed by atoms with Crippen LogP contribution in [0.15, 0.2) is 47.2 Å². The summed E-state index contributed by atoms with van der Waals surface area (Å²) in [7, 11) is 1.68. The van der Waals surface area contributed by atoms with Gasteiger partial charge >= 0.3 is 0 Å². The van der Waals surface area contributed by atoms with E-state index in [1.807, 2.05) is 12.2 Å². The Hall–Kier alpha value is -3.00. The number of benzene rings is 1. The summed E-state index contributed by atoms with van der Waals surface area (Å²) in [6.45, 7) is 2.36. The Labute approximate surface area is 166 Å². The number of aromatic nitrogens is 1. The third kappa shape index (κ3) is 2.62. The van der Waals surface area contributed by atoms with Crippen LogP contribution in [0.5, 0.6) is 0 Å². The van der Waals surface area contributed by atoms with Crippen molar-refractivity contribution in [3.05, 3.63) is 59.8 Å². The summed E-state index contributed by atoms with van der Waals surface area (Å²) >= 11 is 0. The molecule has 1 aromatic heterocycles. The zero-order chi connectivity index (χ0) is 20.3. The van der Waals surface area contributed by atoms with Gasteiger partial charge in [-0.15, -0.1) is 0 Å². The topological polar surface area (TPSA) is 75.9 Å². The van der Waals surface area contributed by atoms with Gasteiger partial charge in [0.2, 0.25) is 11.8 Å². The lowest BCUT2D eigenvalue weighted by molar-refractivity contribution is -0.139. The first-order valence-corrected chi connectivity index (χ1v) is 9.48. The molecule has 150 valence electrons. The quantitative estimate of drug-likeness (QED) is 0.739. The van der Waals surface area contributed by atoms with Gasteiger partial charge in [-0.3, -0.25) is 9.59 Å². The number of aryl methyl sites for hydroxylation is 1. The van der Waals surface area contributed by atoms with E-state index in [0.29, 0.717) is 23.5 Å². The molecule has 2 saturated heterocycles. The molecule has 1 aromatic carbocycles. The molecule has 0 aliphatic carbocycles. The van der Waals surface area contributed by atoms with E-state index in [2.05, 4.69) is 5.16 Å². The summed E-state index contributed by atoms with van der Waals surface area (Å²) in [5, 5.41) is 3.84. The van der Waals surface area contributed by atoms with Gasteiger partial charge in [-0.25, -0.2) is 4.39 Å². The first-order chi connectivity index (χ1) is 13.9. The van der Waals surface area contributed by atoms with E-state index in [4.69, 9.17) is 9.26 Å². The molecule has 4 heterocycles. The summed E-state index contributed by atoms with van der Waals surface area (Å²) in [5.74, 6) is -1.89. The standard InChI is InChI=1S/C21H20FN3O4/c1-12-9-13(22)3-4-15(12)25-11-21-7-5-16(29-21)17(18(21)20(25)27)19(26)24(2)10-14-6-8-28-23-14/h3-9,16-18H,10-11H2,1-2H3/t16-,17?,18?,21-/m0/s1. The monoisotopic (exact) mass is 397 g/mol. The van der Waals surface area contributed by atoms with E-state index < -0.39 is 23.5 Å². The molecule has 4 atom stereocenters. The lowest BCUT2D eigenvalue weighted by atomic mass is 9.76. The van der Waals surface area contributed by atoms with Gasteiger partial charge in [0.05, 0.1) is 31.0 Å². The van der Waals surface area contributed by atoms with Gasteiger partial charge in [0, 0.05) is 18.8 Å². The average Bonchev–Trinajstić information content (AvgIpc) is 3.44. The van der Waals surface area contributed by atoms with Gasteiger partial charge < -0.3 is 19.1 Å². The fraction of sp³-hybridized carbons (Fsp3) is 0.381. The van der Waals surface area contributed by atoms with Crippen molar-refractivity contribution in [2.24, 2.45) is 11.8 Å². The molecule has 5 rings (SSSR count). The fourth-order valence-corrected chi connectivity index (χ4v) is 4.80. The molecule has 2 amide bonds. The summed E-state index contributed by atoms with van der Waals surface area (Å²) < 4.78 is 24.5. The molecule has 2 bridgehead atoms. The highest BCUT2D eigenvalue weighted by molar-refractivity contribution is 6.03. The van der Waals surface area contributed by atoms with Gasteiger partial charge in [0.1, 0.15) is 23.4 Å². The molecule has 2 unspecified atom stereocenters.